The Hall–Kier alpha value is -1.62. The summed E-state index contributed by atoms with van der Waals surface area (Å²) in [7, 11) is -3.65. The average molecular weight is 366 g/mol. The van der Waals surface area contributed by atoms with Crippen molar-refractivity contribution in [2.24, 2.45) is 0 Å². The van der Waals surface area contributed by atoms with Gasteiger partial charge in [-0.3, -0.25) is 0 Å². The van der Waals surface area contributed by atoms with Gasteiger partial charge < -0.3 is 19.0 Å². The van der Waals surface area contributed by atoms with E-state index < -0.39 is 10.4 Å². The van der Waals surface area contributed by atoms with Gasteiger partial charge in [0.1, 0.15) is 18.1 Å². The summed E-state index contributed by atoms with van der Waals surface area (Å²) in [4.78, 5) is 0.164. The molecule has 0 radical (unpaired) electrons. The van der Waals surface area contributed by atoms with E-state index in [9.17, 15) is 8.76 Å². The van der Waals surface area contributed by atoms with Crippen LogP contribution in [0.5, 0.6) is 0 Å². The Morgan fingerprint density at radius 2 is 2.16 bits per heavy atom. The Kier molecular flexibility index (Phi) is 4.22. The molecule has 2 aromatic heterocycles. The van der Waals surface area contributed by atoms with Gasteiger partial charge in [0, 0.05) is 25.9 Å². The summed E-state index contributed by atoms with van der Waals surface area (Å²) in [6, 6.07) is 0. The summed E-state index contributed by atoms with van der Waals surface area (Å²) in [6.45, 7) is 6.39. The highest BCUT2D eigenvalue weighted by molar-refractivity contribution is 7.95. The van der Waals surface area contributed by atoms with Crippen LogP contribution >= 0.6 is 0 Å². The minimum atomic E-state index is -3.65. The average Bonchev–Trinajstić information content (AvgIpc) is 3.18. The van der Waals surface area contributed by atoms with Crippen molar-refractivity contribution in [3.63, 3.8) is 0 Å². The summed E-state index contributed by atoms with van der Waals surface area (Å²) in [6.07, 6.45) is 2.21. The third-order valence-electron chi connectivity index (χ3n) is 4.97. The summed E-state index contributed by atoms with van der Waals surface area (Å²) in [5.41, 5.74) is 0.388. The second-order valence-corrected chi connectivity index (χ2v) is 8.54. The Balaban J connectivity index is 1.59. The van der Waals surface area contributed by atoms with Gasteiger partial charge in [-0.05, 0) is 26.3 Å². The SMILES string of the molecule is Cc1noc(C)c1[S+](=O)([O-])N1CCn2c(nnc2C2CCCNC2)C1. The van der Waals surface area contributed by atoms with E-state index in [2.05, 4.69) is 25.2 Å². The van der Waals surface area contributed by atoms with E-state index in [1.807, 2.05) is 0 Å². The van der Waals surface area contributed by atoms with Crippen molar-refractivity contribution in [2.75, 3.05) is 19.6 Å². The van der Waals surface area contributed by atoms with Gasteiger partial charge in [-0.1, -0.05) is 9.37 Å². The summed E-state index contributed by atoms with van der Waals surface area (Å²) in [5, 5.41) is 15.8. The highest BCUT2D eigenvalue weighted by Gasteiger charge is 2.40. The zero-order valence-electron chi connectivity index (χ0n) is 14.4. The highest BCUT2D eigenvalue weighted by Crippen LogP contribution is 2.31. The van der Waals surface area contributed by atoms with Gasteiger partial charge in [-0.15, -0.1) is 14.5 Å². The maximum Gasteiger partial charge on any atom is 0.240 e. The van der Waals surface area contributed by atoms with Crippen LogP contribution in [0.2, 0.25) is 0 Å². The van der Waals surface area contributed by atoms with Gasteiger partial charge in [0.25, 0.3) is 0 Å². The number of aromatic nitrogens is 4. The third kappa shape index (κ3) is 2.82. The lowest BCUT2D eigenvalue weighted by Gasteiger charge is -2.31. The van der Waals surface area contributed by atoms with Gasteiger partial charge in [0.15, 0.2) is 22.0 Å². The van der Waals surface area contributed by atoms with Gasteiger partial charge in [0.05, 0.1) is 6.54 Å². The molecule has 136 valence electrons. The maximum absolute atomic E-state index is 13.0. The van der Waals surface area contributed by atoms with Crippen LogP contribution in [-0.4, -0.2) is 48.4 Å². The predicted octanol–water partition coefficient (Wildman–Crippen LogP) is 0.770. The number of sulfonamides is 1. The van der Waals surface area contributed by atoms with Crippen molar-refractivity contribution in [3.05, 3.63) is 23.1 Å². The molecule has 0 aromatic carbocycles. The molecule has 4 heterocycles. The first-order valence-electron chi connectivity index (χ1n) is 8.54. The van der Waals surface area contributed by atoms with Crippen molar-refractivity contribution in [1.82, 2.24) is 29.5 Å². The Morgan fingerprint density at radius 1 is 1.32 bits per heavy atom. The van der Waals surface area contributed by atoms with Gasteiger partial charge in [-0.2, -0.15) is 0 Å². The number of aryl methyl sites for hydroxylation is 2. The summed E-state index contributed by atoms with van der Waals surface area (Å²) >= 11 is 0. The summed E-state index contributed by atoms with van der Waals surface area (Å²) in [5.74, 6) is 2.33. The van der Waals surface area contributed by atoms with E-state index in [4.69, 9.17) is 4.52 Å². The Morgan fingerprint density at radius 3 is 2.84 bits per heavy atom. The van der Waals surface area contributed by atoms with Gasteiger partial charge >= 0.3 is 0 Å². The fourth-order valence-corrected chi connectivity index (χ4v) is 5.39. The second-order valence-electron chi connectivity index (χ2n) is 6.66. The number of nitrogens with one attached hydrogen (secondary N) is 1. The molecule has 10 heteroatoms. The molecule has 2 atom stereocenters. The maximum atomic E-state index is 13.0. The minimum Gasteiger partial charge on any atom is -0.593 e. The van der Waals surface area contributed by atoms with Crippen LogP contribution in [0.15, 0.2) is 9.42 Å². The number of piperidine rings is 1. The Labute approximate surface area is 147 Å². The molecule has 0 aliphatic carbocycles. The molecule has 2 aliphatic heterocycles. The van der Waals surface area contributed by atoms with Crippen LogP contribution in [0.1, 0.15) is 41.9 Å². The molecule has 2 aliphatic rings. The number of rotatable bonds is 3. The first kappa shape index (κ1) is 16.8. The molecule has 0 spiro atoms. The Bertz CT molecular complexity index is 806. The van der Waals surface area contributed by atoms with Crippen LogP contribution in [0, 0.1) is 13.8 Å². The largest absolute Gasteiger partial charge is 0.593 e. The number of hydrogen-bond donors (Lipinski definition) is 1. The molecule has 2 aromatic rings. The quantitative estimate of drug-likeness (QED) is 0.798. The van der Waals surface area contributed by atoms with Crippen molar-refractivity contribution < 1.29 is 13.3 Å². The molecule has 9 nitrogen and oxygen atoms in total. The molecule has 0 bridgehead atoms. The van der Waals surface area contributed by atoms with E-state index in [-0.39, 0.29) is 11.4 Å². The van der Waals surface area contributed by atoms with Gasteiger partial charge in [0.2, 0.25) is 4.90 Å². The second kappa shape index (κ2) is 6.27. The van der Waals surface area contributed by atoms with Gasteiger partial charge in [-0.25, -0.2) is 0 Å². The molecule has 4 rings (SSSR count). The molecule has 1 N–H and O–H groups in total. The van der Waals surface area contributed by atoms with Crippen molar-refractivity contribution in [1.29, 1.82) is 0 Å². The van der Waals surface area contributed by atoms with Crippen LogP contribution < -0.4 is 5.32 Å². The lowest BCUT2D eigenvalue weighted by molar-refractivity contribution is 0.294. The van der Waals surface area contributed by atoms with Crippen LogP contribution in [0.4, 0.5) is 0 Å². The molecule has 0 saturated carbocycles. The fourth-order valence-electron chi connectivity index (χ4n) is 3.71. The van der Waals surface area contributed by atoms with Crippen molar-refractivity contribution in [2.45, 2.75) is 50.6 Å². The van der Waals surface area contributed by atoms with Crippen LogP contribution in [-0.2, 0) is 27.7 Å². The summed E-state index contributed by atoms with van der Waals surface area (Å²) < 4.78 is 34.5. The molecule has 2 unspecified atom stereocenters. The minimum absolute atomic E-state index is 0.164. The van der Waals surface area contributed by atoms with E-state index in [1.54, 1.807) is 13.8 Å². The lowest BCUT2D eigenvalue weighted by atomic mass is 9.99. The van der Waals surface area contributed by atoms with E-state index in [0.717, 1.165) is 31.8 Å². The fraction of sp³-hybridized carbons (Fsp3) is 0.667. The molecular formula is C15H22N6O3S. The highest BCUT2D eigenvalue weighted by atomic mass is 32.3. The third-order valence-corrected chi connectivity index (χ3v) is 7.06. The van der Waals surface area contributed by atoms with E-state index in [0.29, 0.717) is 36.3 Å². The first-order chi connectivity index (χ1) is 12.0. The van der Waals surface area contributed by atoms with Crippen molar-refractivity contribution >= 4 is 10.4 Å². The zero-order chi connectivity index (χ0) is 17.6. The van der Waals surface area contributed by atoms with Crippen molar-refractivity contribution in [3.8, 4) is 0 Å². The molecule has 0 amide bonds. The molecule has 1 fully saturated rings. The zero-order valence-corrected chi connectivity index (χ0v) is 15.2. The molecular weight excluding hydrogens is 344 g/mol. The van der Waals surface area contributed by atoms with E-state index in [1.165, 1.54) is 4.31 Å². The number of fused-ring (bicyclic) bond motifs is 1. The first-order valence-corrected chi connectivity index (χ1v) is 9.98. The number of hydrogen-bond acceptors (Lipinski definition) is 7. The molecule has 25 heavy (non-hydrogen) atoms. The monoisotopic (exact) mass is 366 g/mol. The predicted molar refractivity (Wildman–Crippen MR) is 88.3 cm³/mol. The number of nitrogens with zero attached hydrogens (tertiary/aromatic N) is 5. The van der Waals surface area contributed by atoms with Crippen LogP contribution in [0.3, 0.4) is 0 Å². The van der Waals surface area contributed by atoms with Crippen LogP contribution in [0.25, 0.3) is 0 Å². The standard InChI is InChI=1S/C15H22N6O3S/c1-10-14(11(2)24-19-10)25(22,23)20-6-7-21-13(9-20)17-18-15(21)12-4-3-5-16-8-12/h12,16H,3-9H2,1-2H3. The topological polar surface area (TPSA) is 112 Å². The normalized spacial score (nSPS) is 24.0. The smallest absolute Gasteiger partial charge is 0.240 e. The van der Waals surface area contributed by atoms with E-state index >= 15 is 0 Å². The molecule has 1 saturated heterocycles. The lowest BCUT2D eigenvalue weighted by Crippen LogP contribution is -2.43.